The number of hydrogen-bond donors (Lipinski definition) is 3. The summed E-state index contributed by atoms with van der Waals surface area (Å²) in [5.41, 5.74) is 0.484. The van der Waals surface area contributed by atoms with Gasteiger partial charge < -0.3 is 20.1 Å². The highest BCUT2D eigenvalue weighted by molar-refractivity contribution is 5.96. The minimum Gasteiger partial charge on any atom is -0.508 e. The first-order valence-electron chi connectivity index (χ1n) is 6.79. The summed E-state index contributed by atoms with van der Waals surface area (Å²) in [4.78, 5) is 38.8. The van der Waals surface area contributed by atoms with Gasteiger partial charge in [0.05, 0.1) is 7.11 Å². The molecule has 1 atom stereocenters. The Morgan fingerprint density at radius 1 is 1.26 bits per heavy atom. The van der Waals surface area contributed by atoms with Crippen LogP contribution >= 0.6 is 0 Å². The Hall–Kier alpha value is -3.09. The van der Waals surface area contributed by atoms with E-state index < -0.39 is 23.3 Å². The Labute approximate surface area is 131 Å². The molecular formula is C16H16N2O5. The van der Waals surface area contributed by atoms with E-state index in [1.165, 1.54) is 43.6 Å². The maximum Gasteiger partial charge on any atom is 0.333 e. The van der Waals surface area contributed by atoms with Crippen LogP contribution < -0.4 is 10.7 Å². The van der Waals surface area contributed by atoms with Crippen LogP contribution in [0.2, 0.25) is 0 Å². The summed E-state index contributed by atoms with van der Waals surface area (Å²) >= 11 is 0. The van der Waals surface area contributed by atoms with Crippen LogP contribution in [0.25, 0.3) is 0 Å². The zero-order valence-corrected chi connectivity index (χ0v) is 12.6. The lowest BCUT2D eigenvalue weighted by Crippen LogP contribution is -2.36. The fourth-order valence-electron chi connectivity index (χ4n) is 2.02. The number of rotatable bonds is 4. The van der Waals surface area contributed by atoms with Gasteiger partial charge in [-0.1, -0.05) is 12.1 Å². The monoisotopic (exact) mass is 316 g/mol. The molecule has 0 saturated carbocycles. The van der Waals surface area contributed by atoms with Gasteiger partial charge >= 0.3 is 5.97 Å². The molecule has 7 heteroatoms. The summed E-state index contributed by atoms with van der Waals surface area (Å²) in [5, 5.41) is 11.8. The summed E-state index contributed by atoms with van der Waals surface area (Å²) in [5.74, 6) is -1.36. The topological polar surface area (TPSA) is 108 Å². The zero-order valence-electron chi connectivity index (χ0n) is 12.6. The molecule has 1 unspecified atom stereocenters. The van der Waals surface area contributed by atoms with E-state index >= 15 is 0 Å². The molecule has 0 fully saturated rings. The normalized spacial score (nSPS) is 11.6. The molecule has 7 nitrogen and oxygen atoms in total. The van der Waals surface area contributed by atoms with E-state index in [4.69, 9.17) is 0 Å². The van der Waals surface area contributed by atoms with Crippen LogP contribution in [0.5, 0.6) is 5.75 Å². The van der Waals surface area contributed by atoms with Crippen LogP contribution in [0, 0.1) is 6.92 Å². The van der Waals surface area contributed by atoms with Crippen LogP contribution in [0.15, 0.2) is 41.3 Å². The van der Waals surface area contributed by atoms with Gasteiger partial charge in [0.1, 0.15) is 11.3 Å². The molecule has 1 amide bonds. The number of hydrogen-bond acceptors (Lipinski definition) is 5. The lowest BCUT2D eigenvalue weighted by Gasteiger charge is -2.17. The largest absolute Gasteiger partial charge is 0.508 e. The average molecular weight is 316 g/mol. The van der Waals surface area contributed by atoms with E-state index in [-0.39, 0.29) is 11.3 Å². The molecule has 0 radical (unpaired) electrons. The summed E-state index contributed by atoms with van der Waals surface area (Å²) in [6.45, 7) is 1.69. The van der Waals surface area contributed by atoms with Crippen molar-refractivity contribution < 1.29 is 19.4 Å². The maximum absolute atomic E-state index is 12.3. The molecule has 120 valence electrons. The lowest BCUT2D eigenvalue weighted by molar-refractivity contribution is -0.143. The van der Waals surface area contributed by atoms with Crippen LogP contribution in [-0.2, 0) is 9.53 Å². The summed E-state index contributed by atoms with van der Waals surface area (Å²) in [7, 11) is 1.20. The molecule has 1 aromatic heterocycles. The van der Waals surface area contributed by atoms with Crippen LogP contribution in [0.1, 0.15) is 27.7 Å². The first-order chi connectivity index (χ1) is 10.9. The Balaban J connectivity index is 2.30. The van der Waals surface area contributed by atoms with Gasteiger partial charge in [-0.15, -0.1) is 0 Å². The van der Waals surface area contributed by atoms with Gasteiger partial charge in [0.25, 0.3) is 5.91 Å². The molecule has 0 aliphatic heterocycles. The number of carbonyl (C=O) groups excluding carboxylic acids is 2. The number of esters is 1. The number of aryl methyl sites for hydroxylation is 1. The molecule has 0 saturated heterocycles. The van der Waals surface area contributed by atoms with E-state index in [0.29, 0.717) is 11.3 Å². The van der Waals surface area contributed by atoms with E-state index in [0.717, 1.165) is 0 Å². The number of ether oxygens (including phenoxy) is 1. The van der Waals surface area contributed by atoms with Crippen molar-refractivity contribution in [1.82, 2.24) is 10.3 Å². The van der Waals surface area contributed by atoms with Gasteiger partial charge in [0.15, 0.2) is 11.5 Å². The third-order valence-corrected chi connectivity index (χ3v) is 3.24. The predicted molar refractivity (Wildman–Crippen MR) is 82.1 cm³/mol. The fourth-order valence-corrected chi connectivity index (χ4v) is 2.02. The number of aromatic nitrogens is 1. The van der Waals surface area contributed by atoms with Crippen molar-refractivity contribution in [1.29, 1.82) is 0 Å². The third-order valence-electron chi connectivity index (χ3n) is 3.24. The van der Waals surface area contributed by atoms with E-state index in [2.05, 4.69) is 15.0 Å². The van der Waals surface area contributed by atoms with Gasteiger partial charge in [-0.05, 0) is 24.6 Å². The number of methoxy groups -OCH3 is 1. The minimum atomic E-state index is -1.09. The van der Waals surface area contributed by atoms with Gasteiger partial charge in [-0.2, -0.15) is 0 Å². The Bertz CT molecular complexity index is 780. The number of benzene rings is 1. The van der Waals surface area contributed by atoms with Crippen molar-refractivity contribution in [3.63, 3.8) is 0 Å². The van der Waals surface area contributed by atoms with Crippen LogP contribution in [0.4, 0.5) is 0 Å². The van der Waals surface area contributed by atoms with Gasteiger partial charge in [0.2, 0.25) is 0 Å². The summed E-state index contributed by atoms with van der Waals surface area (Å²) < 4.78 is 4.68. The average Bonchev–Trinajstić information content (AvgIpc) is 2.52. The molecule has 0 bridgehead atoms. The SMILES string of the molecule is COC(=O)C(NC(=O)c1c[nH]c(C)cc1=O)c1ccc(O)cc1. The lowest BCUT2D eigenvalue weighted by atomic mass is 10.1. The molecule has 23 heavy (non-hydrogen) atoms. The number of phenols is 1. The second kappa shape index (κ2) is 6.78. The summed E-state index contributed by atoms with van der Waals surface area (Å²) in [6.07, 6.45) is 1.29. The standard InChI is InChI=1S/C16H16N2O5/c1-9-7-13(20)12(8-17-9)15(21)18-14(16(22)23-2)10-3-5-11(19)6-4-10/h3-8,14,19H,1-2H3,(H,17,20)(H,18,21). The number of aromatic hydroxyl groups is 1. The molecule has 0 spiro atoms. The molecule has 2 rings (SSSR count). The smallest absolute Gasteiger partial charge is 0.333 e. The minimum absolute atomic E-state index is 0.0265. The predicted octanol–water partition coefficient (Wildman–Crippen LogP) is 1.03. The van der Waals surface area contributed by atoms with Crippen molar-refractivity contribution in [3.8, 4) is 5.75 Å². The highest BCUT2D eigenvalue weighted by Crippen LogP contribution is 2.18. The number of pyridine rings is 1. The third kappa shape index (κ3) is 3.76. The van der Waals surface area contributed by atoms with Crippen molar-refractivity contribution in [2.24, 2.45) is 0 Å². The van der Waals surface area contributed by atoms with E-state index in [9.17, 15) is 19.5 Å². The molecule has 0 aliphatic rings. The molecule has 1 heterocycles. The first-order valence-corrected chi connectivity index (χ1v) is 6.79. The van der Waals surface area contributed by atoms with Crippen molar-refractivity contribution in [2.45, 2.75) is 13.0 Å². The van der Waals surface area contributed by atoms with Crippen molar-refractivity contribution in [3.05, 3.63) is 63.6 Å². The number of aromatic amines is 1. The van der Waals surface area contributed by atoms with Crippen molar-refractivity contribution in [2.75, 3.05) is 7.11 Å². The van der Waals surface area contributed by atoms with Crippen LogP contribution in [0.3, 0.4) is 0 Å². The molecule has 3 N–H and O–H groups in total. The second-order valence-electron chi connectivity index (χ2n) is 4.92. The van der Waals surface area contributed by atoms with Gasteiger partial charge in [-0.25, -0.2) is 4.79 Å². The Kier molecular flexibility index (Phi) is 4.80. The highest BCUT2D eigenvalue weighted by atomic mass is 16.5. The van der Waals surface area contributed by atoms with Crippen LogP contribution in [-0.4, -0.2) is 29.1 Å². The number of H-pyrrole nitrogens is 1. The number of nitrogens with one attached hydrogen (secondary N) is 2. The Morgan fingerprint density at radius 3 is 2.48 bits per heavy atom. The van der Waals surface area contributed by atoms with E-state index in [1.807, 2.05) is 0 Å². The number of phenolic OH excluding ortho intramolecular Hbond substituents is 1. The fraction of sp³-hybridized carbons (Fsp3) is 0.188. The first kappa shape index (κ1) is 16.3. The summed E-state index contributed by atoms with van der Waals surface area (Å²) in [6, 6.07) is 5.94. The molecule has 2 aromatic rings. The van der Waals surface area contributed by atoms with Gasteiger partial charge in [-0.3, -0.25) is 9.59 Å². The highest BCUT2D eigenvalue weighted by Gasteiger charge is 2.25. The zero-order chi connectivity index (χ0) is 17.0. The van der Waals surface area contributed by atoms with Gasteiger partial charge in [0, 0.05) is 18.0 Å². The molecule has 1 aromatic carbocycles. The second-order valence-corrected chi connectivity index (χ2v) is 4.92. The molecule has 0 aliphatic carbocycles. The molecular weight excluding hydrogens is 300 g/mol. The maximum atomic E-state index is 12.3. The Morgan fingerprint density at radius 2 is 1.91 bits per heavy atom. The van der Waals surface area contributed by atoms with Crippen molar-refractivity contribution >= 4 is 11.9 Å². The number of carbonyl (C=O) groups is 2. The van der Waals surface area contributed by atoms with E-state index in [1.54, 1.807) is 6.92 Å². The number of amides is 1. The quantitative estimate of drug-likeness (QED) is 0.730.